The summed E-state index contributed by atoms with van der Waals surface area (Å²) in [6.45, 7) is 4.80. The number of nitrogens with zero attached hydrogens (tertiary/aromatic N) is 1. The van der Waals surface area contributed by atoms with Gasteiger partial charge >= 0.3 is 0 Å². The van der Waals surface area contributed by atoms with Crippen LogP contribution in [0.25, 0.3) is 10.9 Å². The Hall–Kier alpha value is -2.49. The molecule has 4 nitrogen and oxygen atoms in total. The van der Waals surface area contributed by atoms with Gasteiger partial charge in [-0.3, -0.25) is 5.10 Å². The fraction of sp³-hybridized carbons (Fsp3) is 0.235. The van der Waals surface area contributed by atoms with Crippen LogP contribution >= 0.6 is 0 Å². The number of aromatic amines is 1. The number of benzene rings is 2. The molecule has 1 unspecified atom stereocenters. The van der Waals surface area contributed by atoms with Crippen LogP contribution < -0.4 is 10.1 Å². The number of hydrogen-bond acceptors (Lipinski definition) is 3. The summed E-state index contributed by atoms with van der Waals surface area (Å²) in [7, 11) is 0. The molecule has 2 N–H and O–H groups in total. The van der Waals surface area contributed by atoms with Gasteiger partial charge in [0.1, 0.15) is 5.75 Å². The number of aromatic nitrogens is 2. The maximum absolute atomic E-state index is 5.71. The zero-order valence-corrected chi connectivity index (χ0v) is 12.3. The van der Waals surface area contributed by atoms with E-state index < -0.39 is 0 Å². The molecular formula is C17H19N3O. The number of hydrogen-bond donors (Lipinski definition) is 2. The molecule has 1 aromatic heterocycles. The summed E-state index contributed by atoms with van der Waals surface area (Å²) in [5.41, 5.74) is 3.22. The van der Waals surface area contributed by atoms with Gasteiger partial charge in [-0.05, 0) is 26.0 Å². The lowest BCUT2D eigenvalue weighted by Gasteiger charge is -2.19. The zero-order valence-electron chi connectivity index (χ0n) is 12.3. The minimum Gasteiger partial charge on any atom is -0.494 e. The Kier molecular flexibility index (Phi) is 3.77. The van der Waals surface area contributed by atoms with Gasteiger partial charge in [0.15, 0.2) is 0 Å². The quantitative estimate of drug-likeness (QED) is 0.739. The molecule has 0 saturated carbocycles. The second-order valence-electron chi connectivity index (χ2n) is 4.98. The van der Waals surface area contributed by atoms with Crippen LogP contribution in [0.3, 0.4) is 0 Å². The van der Waals surface area contributed by atoms with Crippen LogP contribution in [0.1, 0.15) is 25.5 Å². The van der Waals surface area contributed by atoms with Crippen molar-refractivity contribution in [2.24, 2.45) is 0 Å². The summed E-state index contributed by atoms with van der Waals surface area (Å²) >= 11 is 0. The van der Waals surface area contributed by atoms with Crippen LogP contribution in [0.2, 0.25) is 0 Å². The average Bonchev–Trinajstić information content (AvgIpc) is 2.98. The summed E-state index contributed by atoms with van der Waals surface area (Å²) in [5.74, 6) is 0.928. The molecule has 0 amide bonds. The van der Waals surface area contributed by atoms with Gasteiger partial charge in [-0.2, -0.15) is 5.10 Å². The number of para-hydroxylation sites is 2. The Labute approximate surface area is 124 Å². The number of rotatable bonds is 5. The normalized spacial score (nSPS) is 12.3. The summed E-state index contributed by atoms with van der Waals surface area (Å²) < 4.78 is 5.71. The fourth-order valence-corrected chi connectivity index (χ4v) is 2.53. The molecule has 0 bridgehead atoms. The second-order valence-corrected chi connectivity index (χ2v) is 4.98. The lowest BCUT2D eigenvalue weighted by atomic mass is 10.1. The Morgan fingerprint density at radius 2 is 2.05 bits per heavy atom. The second kappa shape index (κ2) is 5.87. The predicted molar refractivity (Wildman–Crippen MR) is 85.7 cm³/mol. The number of fused-ring (bicyclic) bond motifs is 1. The third kappa shape index (κ3) is 2.70. The summed E-state index contributed by atoms with van der Waals surface area (Å²) in [6, 6.07) is 14.4. The van der Waals surface area contributed by atoms with E-state index in [2.05, 4.69) is 34.6 Å². The molecule has 0 spiro atoms. The van der Waals surface area contributed by atoms with Crippen molar-refractivity contribution in [2.75, 3.05) is 11.9 Å². The third-order valence-electron chi connectivity index (χ3n) is 3.53. The summed E-state index contributed by atoms with van der Waals surface area (Å²) in [5, 5.41) is 11.8. The largest absolute Gasteiger partial charge is 0.494 e. The highest BCUT2D eigenvalue weighted by Gasteiger charge is 2.12. The van der Waals surface area contributed by atoms with Gasteiger partial charge in [-0.25, -0.2) is 0 Å². The Balaban J connectivity index is 1.89. The molecule has 3 aromatic rings. The van der Waals surface area contributed by atoms with Crippen molar-refractivity contribution in [3.05, 3.63) is 54.2 Å². The van der Waals surface area contributed by atoms with E-state index >= 15 is 0 Å². The highest BCUT2D eigenvalue weighted by atomic mass is 16.5. The molecule has 0 aliphatic heterocycles. The molecule has 0 aliphatic rings. The molecular weight excluding hydrogens is 262 g/mol. The van der Waals surface area contributed by atoms with Crippen molar-refractivity contribution >= 4 is 16.6 Å². The maximum atomic E-state index is 5.71. The molecule has 3 rings (SSSR count). The number of ether oxygens (including phenoxy) is 1. The van der Waals surface area contributed by atoms with Crippen LogP contribution in [-0.2, 0) is 0 Å². The van der Waals surface area contributed by atoms with Crippen LogP contribution in [0.4, 0.5) is 5.69 Å². The number of H-pyrrole nitrogens is 1. The van der Waals surface area contributed by atoms with Gasteiger partial charge in [-0.1, -0.05) is 30.3 Å². The van der Waals surface area contributed by atoms with Gasteiger partial charge in [0, 0.05) is 10.9 Å². The highest BCUT2D eigenvalue weighted by molar-refractivity contribution is 5.90. The van der Waals surface area contributed by atoms with Gasteiger partial charge in [0.2, 0.25) is 0 Å². The molecule has 4 heteroatoms. The Morgan fingerprint density at radius 1 is 1.19 bits per heavy atom. The van der Waals surface area contributed by atoms with Crippen molar-refractivity contribution < 1.29 is 4.74 Å². The topological polar surface area (TPSA) is 49.9 Å². The molecule has 0 fully saturated rings. The van der Waals surface area contributed by atoms with Crippen molar-refractivity contribution in [1.29, 1.82) is 0 Å². The zero-order chi connectivity index (χ0) is 14.7. The fourth-order valence-electron chi connectivity index (χ4n) is 2.53. The van der Waals surface area contributed by atoms with E-state index in [9.17, 15) is 0 Å². The molecule has 108 valence electrons. The molecule has 0 radical (unpaired) electrons. The summed E-state index contributed by atoms with van der Waals surface area (Å²) in [4.78, 5) is 0. The number of nitrogens with one attached hydrogen (secondary N) is 2. The van der Waals surface area contributed by atoms with E-state index in [1.54, 1.807) is 0 Å². The SMILES string of the molecule is CCOc1ccccc1C(C)Nc1cccc2cn[nH]c12. The van der Waals surface area contributed by atoms with Gasteiger partial charge in [0.25, 0.3) is 0 Å². The van der Waals surface area contributed by atoms with Crippen LogP contribution in [0.15, 0.2) is 48.7 Å². The average molecular weight is 281 g/mol. The smallest absolute Gasteiger partial charge is 0.124 e. The van der Waals surface area contributed by atoms with E-state index in [4.69, 9.17) is 4.74 Å². The van der Waals surface area contributed by atoms with Crippen molar-refractivity contribution in [2.45, 2.75) is 19.9 Å². The van der Waals surface area contributed by atoms with Crippen LogP contribution in [-0.4, -0.2) is 16.8 Å². The first-order valence-corrected chi connectivity index (χ1v) is 7.20. The predicted octanol–water partition coefficient (Wildman–Crippen LogP) is 4.13. The molecule has 2 aromatic carbocycles. The number of anilines is 1. The minimum atomic E-state index is 0.140. The van der Waals surface area contributed by atoms with Crippen molar-refractivity contribution in [1.82, 2.24) is 10.2 Å². The van der Waals surface area contributed by atoms with E-state index in [1.165, 1.54) is 0 Å². The molecule has 0 aliphatic carbocycles. The van der Waals surface area contributed by atoms with Crippen molar-refractivity contribution in [3.8, 4) is 5.75 Å². The van der Waals surface area contributed by atoms with E-state index in [1.807, 2.05) is 43.5 Å². The standard InChI is InChI=1S/C17H19N3O/c1-3-21-16-10-5-4-8-14(16)12(2)19-15-9-6-7-13-11-18-20-17(13)15/h4-12,19H,3H2,1-2H3,(H,18,20). The summed E-state index contributed by atoms with van der Waals surface area (Å²) in [6.07, 6.45) is 1.83. The van der Waals surface area contributed by atoms with Crippen LogP contribution in [0.5, 0.6) is 5.75 Å². The minimum absolute atomic E-state index is 0.140. The monoisotopic (exact) mass is 281 g/mol. The molecule has 0 saturated heterocycles. The lowest BCUT2D eigenvalue weighted by molar-refractivity contribution is 0.335. The first-order chi connectivity index (χ1) is 10.3. The Bertz CT molecular complexity index is 735. The van der Waals surface area contributed by atoms with E-state index in [0.717, 1.165) is 27.9 Å². The first-order valence-electron chi connectivity index (χ1n) is 7.20. The van der Waals surface area contributed by atoms with Gasteiger partial charge in [0.05, 0.1) is 30.0 Å². The van der Waals surface area contributed by atoms with E-state index in [0.29, 0.717) is 6.61 Å². The maximum Gasteiger partial charge on any atom is 0.124 e. The Morgan fingerprint density at radius 3 is 2.90 bits per heavy atom. The molecule has 1 heterocycles. The van der Waals surface area contributed by atoms with E-state index in [-0.39, 0.29) is 6.04 Å². The molecule has 21 heavy (non-hydrogen) atoms. The lowest BCUT2D eigenvalue weighted by Crippen LogP contribution is -2.09. The van der Waals surface area contributed by atoms with Gasteiger partial charge in [-0.15, -0.1) is 0 Å². The highest BCUT2D eigenvalue weighted by Crippen LogP contribution is 2.30. The molecule has 1 atom stereocenters. The van der Waals surface area contributed by atoms with Crippen LogP contribution in [0, 0.1) is 0 Å². The van der Waals surface area contributed by atoms with Gasteiger partial charge < -0.3 is 10.1 Å². The third-order valence-corrected chi connectivity index (χ3v) is 3.53. The van der Waals surface area contributed by atoms with Crippen molar-refractivity contribution in [3.63, 3.8) is 0 Å². The first kappa shape index (κ1) is 13.5.